The van der Waals surface area contributed by atoms with Crippen LogP contribution in [0.15, 0.2) is 81.1 Å². The molecule has 33 heavy (non-hydrogen) atoms. The van der Waals surface area contributed by atoms with Crippen LogP contribution in [0.25, 0.3) is 45.1 Å². The molecule has 2 aromatic carbocycles. The van der Waals surface area contributed by atoms with Gasteiger partial charge in [-0.05, 0) is 48.0 Å². The number of hydrogen-bond donors (Lipinski definition) is 1. The van der Waals surface area contributed by atoms with Gasteiger partial charge in [0.15, 0.2) is 9.84 Å². The molecule has 5 rings (SSSR count). The Hall–Kier alpha value is -3.82. The van der Waals surface area contributed by atoms with Crippen LogP contribution in [0.4, 0.5) is 0 Å². The van der Waals surface area contributed by atoms with E-state index in [1.165, 1.54) is 18.3 Å². The molecule has 10 heteroatoms. The fourth-order valence-corrected chi connectivity index (χ4v) is 4.11. The number of halogens is 1. The zero-order chi connectivity index (χ0) is 23.2. The topological polar surface area (TPSA) is 119 Å². The van der Waals surface area contributed by atoms with Crippen LogP contribution in [0.3, 0.4) is 0 Å². The van der Waals surface area contributed by atoms with Crippen LogP contribution in [0, 0.1) is 0 Å². The van der Waals surface area contributed by atoms with Crippen molar-refractivity contribution in [3.63, 3.8) is 0 Å². The van der Waals surface area contributed by atoms with E-state index in [0.29, 0.717) is 27.2 Å². The zero-order valence-electron chi connectivity index (χ0n) is 17.1. The maximum atomic E-state index is 13.2. The lowest BCUT2D eigenvalue weighted by molar-refractivity contribution is 0.584. The van der Waals surface area contributed by atoms with Crippen molar-refractivity contribution in [1.82, 2.24) is 20.2 Å². The first-order valence-corrected chi connectivity index (χ1v) is 12.0. The summed E-state index contributed by atoms with van der Waals surface area (Å²) in [6.45, 7) is 0. The fourth-order valence-electron chi connectivity index (χ4n) is 3.36. The highest BCUT2D eigenvalue weighted by molar-refractivity contribution is 7.90. The zero-order valence-corrected chi connectivity index (χ0v) is 18.7. The quantitative estimate of drug-likeness (QED) is 0.407. The van der Waals surface area contributed by atoms with Gasteiger partial charge >= 0.3 is 0 Å². The SMILES string of the molecule is CS(=O)(=O)c1ccc(-c2cnc3[nH]cc(-c4nnc(-c5ccc(Cl)cc5)o4)c(=O)c3c2)cc1. The number of fused-ring (bicyclic) bond motifs is 1. The number of aromatic amines is 1. The molecule has 3 aromatic heterocycles. The summed E-state index contributed by atoms with van der Waals surface area (Å²) in [5.41, 5.74) is 2.36. The minimum absolute atomic E-state index is 0.0750. The number of rotatable bonds is 4. The van der Waals surface area contributed by atoms with Gasteiger partial charge in [0.2, 0.25) is 11.3 Å². The van der Waals surface area contributed by atoms with Crippen LogP contribution in [0.5, 0.6) is 0 Å². The van der Waals surface area contributed by atoms with E-state index in [1.807, 2.05) is 0 Å². The Bertz CT molecular complexity index is 1660. The molecular formula is C23H15ClN4O4S. The van der Waals surface area contributed by atoms with E-state index < -0.39 is 9.84 Å². The van der Waals surface area contributed by atoms with Crippen molar-refractivity contribution in [3.8, 4) is 34.0 Å². The molecule has 0 unspecified atom stereocenters. The van der Waals surface area contributed by atoms with Gasteiger partial charge in [0.05, 0.1) is 10.3 Å². The second kappa shape index (κ2) is 7.95. The molecule has 0 aliphatic carbocycles. The van der Waals surface area contributed by atoms with E-state index in [0.717, 1.165) is 11.8 Å². The van der Waals surface area contributed by atoms with E-state index in [1.54, 1.807) is 48.7 Å². The summed E-state index contributed by atoms with van der Waals surface area (Å²) in [6.07, 6.45) is 4.24. The molecule has 0 atom stereocenters. The number of aromatic nitrogens is 4. The van der Waals surface area contributed by atoms with Gasteiger partial charge in [-0.3, -0.25) is 4.79 Å². The second-order valence-electron chi connectivity index (χ2n) is 7.37. The number of nitrogens with zero attached hydrogens (tertiary/aromatic N) is 3. The highest BCUT2D eigenvalue weighted by Gasteiger charge is 2.16. The number of sulfone groups is 1. The third kappa shape index (κ3) is 4.04. The molecule has 0 fully saturated rings. The van der Waals surface area contributed by atoms with Crippen LogP contribution in [0.2, 0.25) is 5.02 Å². The van der Waals surface area contributed by atoms with Crippen LogP contribution < -0.4 is 5.43 Å². The van der Waals surface area contributed by atoms with Crippen molar-refractivity contribution in [2.75, 3.05) is 6.26 Å². The van der Waals surface area contributed by atoms with Crippen molar-refractivity contribution in [1.29, 1.82) is 0 Å². The molecule has 0 aliphatic rings. The molecule has 0 bridgehead atoms. The Morgan fingerprint density at radius 3 is 2.27 bits per heavy atom. The first kappa shape index (κ1) is 21.0. The van der Waals surface area contributed by atoms with Gasteiger partial charge < -0.3 is 9.40 Å². The average Bonchev–Trinajstić information content (AvgIpc) is 3.29. The van der Waals surface area contributed by atoms with E-state index in [4.69, 9.17) is 16.0 Å². The molecular weight excluding hydrogens is 464 g/mol. The normalized spacial score (nSPS) is 11.7. The van der Waals surface area contributed by atoms with Gasteiger partial charge in [-0.1, -0.05) is 23.7 Å². The summed E-state index contributed by atoms with van der Waals surface area (Å²) < 4.78 is 29.1. The van der Waals surface area contributed by atoms with Gasteiger partial charge in [-0.15, -0.1) is 10.2 Å². The average molecular weight is 479 g/mol. The Kier molecular flexibility index (Phi) is 5.07. The van der Waals surface area contributed by atoms with Crippen molar-refractivity contribution in [2.45, 2.75) is 4.90 Å². The van der Waals surface area contributed by atoms with Crippen LogP contribution in [-0.2, 0) is 9.84 Å². The Morgan fingerprint density at radius 2 is 1.58 bits per heavy atom. The second-order valence-corrected chi connectivity index (χ2v) is 9.82. The number of H-pyrrole nitrogens is 1. The molecule has 0 aliphatic heterocycles. The van der Waals surface area contributed by atoms with Crippen molar-refractivity contribution in [3.05, 3.63) is 82.2 Å². The van der Waals surface area contributed by atoms with Gasteiger partial charge in [0, 0.05) is 34.8 Å². The first-order chi connectivity index (χ1) is 15.8. The lowest BCUT2D eigenvalue weighted by Crippen LogP contribution is -2.07. The van der Waals surface area contributed by atoms with Crippen LogP contribution in [0.1, 0.15) is 0 Å². The Morgan fingerprint density at radius 1 is 0.909 bits per heavy atom. The predicted molar refractivity (Wildman–Crippen MR) is 125 cm³/mol. The van der Waals surface area contributed by atoms with Crippen molar-refractivity contribution >= 4 is 32.5 Å². The summed E-state index contributed by atoms with van der Waals surface area (Å²) in [6, 6.07) is 15.0. The Balaban J connectivity index is 1.55. The molecule has 0 amide bonds. The van der Waals surface area contributed by atoms with Gasteiger partial charge in [-0.2, -0.15) is 0 Å². The molecule has 164 valence electrons. The predicted octanol–water partition coefficient (Wildman–Crippen LogP) is 4.36. The molecule has 5 aromatic rings. The van der Waals surface area contributed by atoms with Gasteiger partial charge in [0.25, 0.3) is 5.89 Å². The lowest BCUT2D eigenvalue weighted by atomic mass is 10.1. The largest absolute Gasteiger partial charge is 0.416 e. The van der Waals surface area contributed by atoms with E-state index in [-0.39, 0.29) is 27.7 Å². The molecule has 3 heterocycles. The minimum Gasteiger partial charge on any atom is -0.416 e. The molecule has 8 nitrogen and oxygen atoms in total. The van der Waals surface area contributed by atoms with E-state index in [2.05, 4.69) is 20.2 Å². The first-order valence-electron chi connectivity index (χ1n) is 9.71. The molecule has 0 saturated carbocycles. The third-order valence-corrected chi connectivity index (χ3v) is 6.47. The third-order valence-electron chi connectivity index (χ3n) is 5.09. The van der Waals surface area contributed by atoms with Gasteiger partial charge in [0.1, 0.15) is 11.2 Å². The summed E-state index contributed by atoms with van der Waals surface area (Å²) in [4.78, 5) is 20.7. The van der Waals surface area contributed by atoms with Crippen LogP contribution >= 0.6 is 11.6 Å². The minimum atomic E-state index is -3.30. The summed E-state index contributed by atoms with van der Waals surface area (Å²) >= 11 is 5.92. The highest BCUT2D eigenvalue weighted by atomic mass is 35.5. The van der Waals surface area contributed by atoms with Crippen molar-refractivity contribution in [2.24, 2.45) is 0 Å². The van der Waals surface area contributed by atoms with Crippen LogP contribution in [-0.4, -0.2) is 34.8 Å². The number of benzene rings is 2. The monoisotopic (exact) mass is 478 g/mol. The maximum absolute atomic E-state index is 13.2. The number of nitrogens with one attached hydrogen (secondary N) is 1. The molecule has 0 spiro atoms. The molecule has 1 N–H and O–H groups in total. The van der Waals surface area contributed by atoms with E-state index in [9.17, 15) is 13.2 Å². The summed E-state index contributed by atoms with van der Waals surface area (Å²) in [5.74, 6) is 0.338. The van der Waals surface area contributed by atoms with Crippen molar-refractivity contribution < 1.29 is 12.8 Å². The number of hydrogen-bond acceptors (Lipinski definition) is 7. The molecule has 0 radical (unpaired) electrons. The molecule has 0 saturated heterocycles. The fraction of sp³-hybridized carbons (Fsp3) is 0.0435. The lowest BCUT2D eigenvalue weighted by Gasteiger charge is -2.05. The number of pyridine rings is 2. The Labute approximate surface area is 192 Å². The highest BCUT2D eigenvalue weighted by Crippen LogP contribution is 2.26. The van der Waals surface area contributed by atoms with Gasteiger partial charge in [-0.25, -0.2) is 13.4 Å². The summed E-state index contributed by atoms with van der Waals surface area (Å²) in [5, 5.41) is 8.97. The van der Waals surface area contributed by atoms with E-state index >= 15 is 0 Å². The smallest absolute Gasteiger partial charge is 0.253 e. The maximum Gasteiger partial charge on any atom is 0.253 e. The standard InChI is InChI=1S/C23H15ClN4O4S/c1-33(30,31)17-8-4-13(5-9-17)15-10-18-20(29)19(12-26-21(18)25-11-15)23-28-27-22(32-23)14-2-6-16(24)7-3-14/h2-12H,1H3,(H,25,26,29). The summed E-state index contributed by atoms with van der Waals surface area (Å²) in [7, 11) is -3.30.